The van der Waals surface area contributed by atoms with Crippen LogP contribution in [0.2, 0.25) is 0 Å². The maximum absolute atomic E-state index is 4.21. The van der Waals surface area contributed by atoms with E-state index in [1.165, 1.54) is 17.1 Å². The van der Waals surface area contributed by atoms with E-state index in [0.29, 0.717) is 0 Å². The number of nitrogens with zero attached hydrogens (tertiary/aromatic N) is 1. The molecule has 1 aromatic rings. The van der Waals surface area contributed by atoms with Gasteiger partial charge in [-0.2, -0.15) is 0 Å². The maximum atomic E-state index is 4.21. The Balaban J connectivity index is 2.52. The zero-order chi connectivity index (χ0) is 8.10. The van der Waals surface area contributed by atoms with Crippen molar-refractivity contribution in [3.8, 4) is 0 Å². The maximum Gasteiger partial charge on any atom is 0.0407 e. The van der Waals surface area contributed by atoms with Crippen molar-refractivity contribution in [1.82, 2.24) is 4.98 Å². The van der Waals surface area contributed by atoms with Gasteiger partial charge in [0.2, 0.25) is 0 Å². The van der Waals surface area contributed by atoms with Gasteiger partial charge in [0.25, 0.3) is 0 Å². The summed E-state index contributed by atoms with van der Waals surface area (Å²) in [5, 5.41) is 0. The standard InChI is InChI=1S/C9H13NS/c1-3-6-11-9-5-4-8(2)10-7-9/h4-5,7H,3,6H2,1-2H3. The van der Waals surface area contributed by atoms with Crippen LogP contribution in [0.3, 0.4) is 0 Å². The number of hydrogen-bond donors (Lipinski definition) is 0. The quantitative estimate of drug-likeness (QED) is 0.642. The Labute approximate surface area is 72.2 Å². The van der Waals surface area contributed by atoms with Crippen LogP contribution in [0.1, 0.15) is 19.0 Å². The van der Waals surface area contributed by atoms with Crippen LogP contribution in [0.4, 0.5) is 0 Å². The topological polar surface area (TPSA) is 12.9 Å². The van der Waals surface area contributed by atoms with E-state index < -0.39 is 0 Å². The fraction of sp³-hybridized carbons (Fsp3) is 0.444. The Morgan fingerprint density at radius 2 is 2.27 bits per heavy atom. The minimum atomic E-state index is 1.09. The third kappa shape index (κ3) is 2.93. The summed E-state index contributed by atoms with van der Waals surface area (Å²) in [6.07, 6.45) is 3.16. The third-order valence-electron chi connectivity index (χ3n) is 1.36. The lowest BCUT2D eigenvalue weighted by Crippen LogP contribution is -1.81. The minimum absolute atomic E-state index is 1.09. The molecule has 0 saturated carbocycles. The van der Waals surface area contributed by atoms with E-state index in [1.54, 1.807) is 0 Å². The van der Waals surface area contributed by atoms with Crippen LogP contribution in [0.15, 0.2) is 23.2 Å². The molecule has 0 unspecified atom stereocenters. The Morgan fingerprint density at radius 3 is 2.82 bits per heavy atom. The molecule has 2 heteroatoms. The zero-order valence-corrected chi connectivity index (χ0v) is 7.82. The molecule has 0 aliphatic carbocycles. The van der Waals surface area contributed by atoms with E-state index in [9.17, 15) is 0 Å². The van der Waals surface area contributed by atoms with Crippen molar-refractivity contribution in [2.75, 3.05) is 5.75 Å². The highest BCUT2D eigenvalue weighted by atomic mass is 32.2. The van der Waals surface area contributed by atoms with E-state index in [2.05, 4.69) is 24.0 Å². The summed E-state index contributed by atoms with van der Waals surface area (Å²) in [7, 11) is 0. The molecule has 0 radical (unpaired) electrons. The summed E-state index contributed by atoms with van der Waals surface area (Å²) in [5.41, 5.74) is 1.09. The number of aromatic nitrogens is 1. The first kappa shape index (κ1) is 8.60. The van der Waals surface area contributed by atoms with E-state index in [1.807, 2.05) is 24.9 Å². The molecule has 0 spiro atoms. The van der Waals surface area contributed by atoms with Crippen LogP contribution in [0.5, 0.6) is 0 Å². The van der Waals surface area contributed by atoms with Crippen molar-refractivity contribution in [2.24, 2.45) is 0 Å². The normalized spacial score (nSPS) is 10.0. The summed E-state index contributed by atoms with van der Waals surface area (Å²) < 4.78 is 0. The van der Waals surface area contributed by atoms with Crippen LogP contribution in [-0.2, 0) is 0 Å². The molecule has 1 heterocycles. The highest BCUT2D eigenvalue weighted by Gasteiger charge is 1.91. The van der Waals surface area contributed by atoms with Gasteiger partial charge in [0.15, 0.2) is 0 Å². The van der Waals surface area contributed by atoms with Crippen molar-refractivity contribution in [1.29, 1.82) is 0 Å². The molecular weight excluding hydrogens is 154 g/mol. The van der Waals surface area contributed by atoms with Crippen LogP contribution >= 0.6 is 11.8 Å². The minimum Gasteiger partial charge on any atom is -0.260 e. The molecular formula is C9H13NS. The molecule has 0 amide bonds. The fourth-order valence-electron chi connectivity index (χ4n) is 0.760. The van der Waals surface area contributed by atoms with Gasteiger partial charge in [0.05, 0.1) is 0 Å². The molecule has 11 heavy (non-hydrogen) atoms. The molecule has 0 bridgehead atoms. The predicted molar refractivity (Wildman–Crippen MR) is 50.0 cm³/mol. The summed E-state index contributed by atoms with van der Waals surface area (Å²) >= 11 is 1.87. The number of hydrogen-bond acceptors (Lipinski definition) is 2. The molecule has 0 saturated heterocycles. The molecule has 0 fully saturated rings. The molecule has 1 aromatic heterocycles. The number of aryl methyl sites for hydroxylation is 1. The smallest absolute Gasteiger partial charge is 0.0407 e. The lowest BCUT2D eigenvalue weighted by atomic mass is 10.4. The highest BCUT2D eigenvalue weighted by molar-refractivity contribution is 7.99. The lowest BCUT2D eigenvalue weighted by molar-refractivity contribution is 1.10. The van der Waals surface area contributed by atoms with Gasteiger partial charge in [-0.1, -0.05) is 6.92 Å². The van der Waals surface area contributed by atoms with Gasteiger partial charge >= 0.3 is 0 Å². The summed E-state index contributed by atoms with van der Waals surface area (Å²) in [6, 6.07) is 4.18. The first-order chi connectivity index (χ1) is 5.33. The van der Waals surface area contributed by atoms with Crippen molar-refractivity contribution in [2.45, 2.75) is 25.2 Å². The van der Waals surface area contributed by atoms with Crippen LogP contribution in [0.25, 0.3) is 0 Å². The Kier molecular flexibility index (Phi) is 3.43. The van der Waals surface area contributed by atoms with Crippen molar-refractivity contribution in [3.63, 3.8) is 0 Å². The molecule has 0 N–H and O–H groups in total. The van der Waals surface area contributed by atoms with Crippen molar-refractivity contribution >= 4 is 11.8 Å². The van der Waals surface area contributed by atoms with Gasteiger partial charge in [-0.05, 0) is 31.2 Å². The van der Waals surface area contributed by atoms with Gasteiger partial charge in [0, 0.05) is 16.8 Å². The van der Waals surface area contributed by atoms with Crippen LogP contribution in [0, 0.1) is 6.92 Å². The lowest BCUT2D eigenvalue weighted by Gasteiger charge is -1.98. The molecule has 0 aromatic carbocycles. The summed E-state index contributed by atoms with van der Waals surface area (Å²) in [4.78, 5) is 5.49. The Hall–Kier alpha value is -0.500. The van der Waals surface area contributed by atoms with E-state index in [-0.39, 0.29) is 0 Å². The molecule has 1 nitrogen and oxygen atoms in total. The third-order valence-corrected chi connectivity index (χ3v) is 2.54. The average molecular weight is 167 g/mol. The van der Waals surface area contributed by atoms with Crippen molar-refractivity contribution in [3.05, 3.63) is 24.0 Å². The second-order valence-corrected chi connectivity index (χ2v) is 3.65. The second-order valence-electron chi connectivity index (χ2n) is 2.48. The van der Waals surface area contributed by atoms with Gasteiger partial charge in [-0.3, -0.25) is 4.98 Å². The second kappa shape index (κ2) is 4.39. The van der Waals surface area contributed by atoms with Gasteiger partial charge in [0.1, 0.15) is 0 Å². The Morgan fingerprint density at radius 1 is 1.45 bits per heavy atom. The van der Waals surface area contributed by atoms with Crippen LogP contribution < -0.4 is 0 Å². The molecule has 60 valence electrons. The van der Waals surface area contributed by atoms with E-state index in [4.69, 9.17) is 0 Å². The monoisotopic (exact) mass is 167 g/mol. The summed E-state index contributed by atoms with van der Waals surface area (Å²) in [6.45, 7) is 4.20. The number of thioether (sulfide) groups is 1. The SMILES string of the molecule is CCCSc1ccc(C)nc1. The largest absolute Gasteiger partial charge is 0.260 e. The van der Waals surface area contributed by atoms with Crippen LogP contribution in [-0.4, -0.2) is 10.7 Å². The zero-order valence-electron chi connectivity index (χ0n) is 7.00. The first-order valence-electron chi connectivity index (χ1n) is 3.88. The van der Waals surface area contributed by atoms with Gasteiger partial charge in [-0.15, -0.1) is 11.8 Å². The van der Waals surface area contributed by atoms with Gasteiger partial charge < -0.3 is 0 Å². The highest BCUT2D eigenvalue weighted by Crippen LogP contribution is 2.16. The number of pyridine rings is 1. The fourth-order valence-corrected chi connectivity index (χ4v) is 1.49. The van der Waals surface area contributed by atoms with E-state index in [0.717, 1.165) is 5.69 Å². The predicted octanol–water partition coefficient (Wildman–Crippen LogP) is 2.89. The first-order valence-corrected chi connectivity index (χ1v) is 4.87. The van der Waals surface area contributed by atoms with E-state index >= 15 is 0 Å². The molecule has 1 rings (SSSR count). The summed E-state index contributed by atoms with van der Waals surface area (Å²) in [5.74, 6) is 1.19. The van der Waals surface area contributed by atoms with Gasteiger partial charge in [-0.25, -0.2) is 0 Å². The Bertz CT molecular complexity index is 205. The average Bonchev–Trinajstić information content (AvgIpc) is 2.04. The molecule has 0 aliphatic rings. The number of rotatable bonds is 3. The van der Waals surface area contributed by atoms with Crippen molar-refractivity contribution < 1.29 is 0 Å². The molecule has 0 aliphatic heterocycles. The molecule has 0 atom stereocenters.